The molecule has 0 aliphatic carbocycles. The number of hydrogen-bond acceptors (Lipinski definition) is 3. The number of rotatable bonds is 4. The number of benzene rings is 2. The minimum Gasteiger partial charge on any atom is -0.485 e. The van der Waals surface area contributed by atoms with Crippen molar-refractivity contribution < 1.29 is 13.9 Å². The Morgan fingerprint density at radius 3 is 2.32 bits per heavy atom. The summed E-state index contributed by atoms with van der Waals surface area (Å²) in [6, 6.07) is 13.7. The van der Waals surface area contributed by atoms with Gasteiger partial charge in [-0.2, -0.15) is 5.26 Å². The lowest BCUT2D eigenvalue weighted by atomic mass is 10.1. The first-order valence-electron chi connectivity index (χ1n) is 5.61. The lowest BCUT2D eigenvalue weighted by molar-refractivity contribution is 0.0921. The van der Waals surface area contributed by atoms with Crippen molar-refractivity contribution in [3.8, 4) is 11.8 Å². The fourth-order valence-electron chi connectivity index (χ4n) is 1.49. The molecule has 4 heteroatoms. The summed E-state index contributed by atoms with van der Waals surface area (Å²) in [7, 11) is 0. The van der Waals surface area contributed by atoms with E-state index in [1.54, 1.807) is 24.3 Å². The number of carbonyl (C=O) groups excluding carboxylic acids is 1. The Kier molecular flexibility index (Phi) is 3.89. The van der Waals surface area contributed by atoms with E-state index in [1.165, 1.54) is 24.3 Å². The van der Waals surface area contributed by atoms with Crippen LogP contribution in [0, 0.1) is 17.1 Å². The van der Waals surface area contributed by atoms with Crippen LogP contribution in [0.4, 0.5) is 4.39 Å². The summed E-state index contributed by atoms with van der Waals surface area (Å²) in [6.07, 6.45) is 0. The Morgan fingerprint density at radius 1 is 1.11 bits per heavy atom. The predicted octanol–water partition coefficient (Wildman–Crippen LogP) is 2.96. The molecule has 0 fully saturated rings. The van der Waals surface area contributed by atoms with Crippen LogP contribution in [-0.4, -0.2) is 12.4 Å². The van der Waals surface area contributed by atoms with Gasteiger partial charge in [0.15, 0.2) is 12.4 Å². The number of halogens is 1. The maximum Gasteiger partial charge on any atom is 0.200 e. The first kappa shape index (κ1) is 12.8. The molecule has 0 amide bonds. The van der Waals surface area contributed by atoms with Gasteiger partial charge in [0.2, 0.25) is 0 Å². The third-order valence-electron chi connectivity index (χ3n) is 2.52. The van der Waals surface area contributed by atoms with E-state index in [2.05, 4.69) is 0 Å². The van der Waals surface area contributed by atoms with Crippen molar-refractivity contribution in [2.24, 2.45) is 0 Å². The highest BCUT2D eigenvalue weighted by Gasteiger charge is 2.06. The SMILES string of the molecule is N#Cc1ccc(C(=O)COc2ccc(F)cc2)cc1. The number of ketones is 1. The largest absolute Gasteiger partial charge is 0.485 e. The van der Waals surface area contributed by atoms with Crippen molar-refractivity contribution in [1.82, 2.24) is 0 Å². The second-order valence-electron chi connectivity index (χ2n) is 3.85. The molecule has 94 valence electrons. The zero-order valence-corrected chi connectivity index (χ0v) is 9.97. The number of nitrogens with zero attached hydrogens (tertiary/aromatic N) is 1. The van der Waals surface area contributed by atoms with E-state index in [0.717, 1.165) is 0 Å². The second-order valence-corrected chi connectivity index (χ2v) is 3.85. The number of nitriles is 1. The van der Waals surface area contributed by atoms with Gasteiger partial charge in [-0.15, -0.1) is 0 Å². The molecule has 0 bridgehead atoms. The van der Waals surface area contributed by atoms with E-state index in [1.807, 2.05) is 6.07 Å². The average Bonchev–Trinajstić information content (AvgIpc) is 2.46. The summed E-state index contributed by atoms with van der Waals surface area (Å²) >= 11 is 0. The third-order valence-corrected chi connectivity index (χ3v) is 2.52. The van der Waals surface area contributed by atoms with Crippen molar-refractivity contribution in [1.29, 1.82) is 5.26 Å². The fourth-order valence-corrected chi connectivity index (χ4v) is 1.49. The first-order valence-corrected chi connectivity index (χ1v) is 5.61. The monoisotopic (exact) mass is 255 g/mol. The van der Waals surface area contributed by atoms with Crippen molar-refractivity contribution >= 4 is 5.78 Å². The topological polar surface area (TPSA) is 50.1 Å². The van der Waals surface area contributed by atoms with Gasteiger partial charge < -0.3 is 4.74 Å². The summed E-state index contributed by atoms with van der Waals surface area (Å²) in [5.41, 5.74) is 0.970. The van der Waals surface area contributed by atoms with E-state index >= 15 is 0 Å². The number of hydrogen-bond donors (Lipinski definition) is 0. The molecule has 0 heterocycles. The zero-order valence-electron chi connectivity index (χ0n) is 9.97. The highest BCUT2D eigenvalue weighted by Crippen LogP contribution is 2.12. The van der Waals surface area contributed by atoms with Crippen LogP contribution in [0.5, 0.6) is 5.75 Å². The molecule has 0 spiro atoms. The molecule has 0 aromatic heterocycles. The number of Topliss-reactive ketones (excluding diaryl/α,β-unsaturated/α-hetero) is 1. The van der Waals surface area contributed by atoms with Gasteiger partial charge in [0.05, 0.1) is 11.6 Å². The lowest BCUT2D eigenvalue weighted by Crippen LogP contribution is -2.11. The molecule has 0 aliphatic heterocycles. The molecule has 0 saturated heterocycles. The molecule has 2 aromatic rings. The Balaban J connectivity index is 1.97. The second kappa shape index (κ2) is 5.78. The van der Waals surface area contributed by atoms with E-state index < -0.39 is 0 Å². The molecule has 3 nitrogen and oxygen atoms in total. The zero-order chi connectivity index (χ0) is 13.7. The minimum atomic E-state index is -0.356. The summed E-state index contributed by atoms with van der Waals surface area (Å²) < 4.78 is 17.9. The van der Waals surface area contributed by atoms with Gasteiger partial charge in [0.25, 0.3) is 0 Å². The van der Waals surface area contributed by atoms with Gasteiger partial charge in [-0.25, -0.2) is 4.39 Å². The summed E-state index contributed by atoms with van der Waals surface area (Å²) in [4.78, 5) is 11.8. The normalized spacial score (nSPS) is 9.68. The highest BCUT2D eigenvalue weighted by molar-refractivity contribution is 5.97. The summed E-state index contributed by atoms with van der Waals surface area (Å²) in [5, 5.41) is 8.65. The van der Waals surface area contributed by atoms with Crippen molar-refractivity contribution in [2.45, 2.75) is 0 Å². The van der Waals surface area contributed by atoms with E-state index in [-0.39, 0.29) is 18.2 Å². The standard InChI is InChI=1S/C15H10FNO2/c16-13-5-7-14(8-6-13)19-10-15(18)12-3-1-11(9-17)2-4-12/h1-8H,10H2. The van der Waals surface area contributed by atoms with Gasteiger partial charge in [0.1, 0.15) is 11.6 Å². The smallest absolute Gasteiger partial charge is 0.200 e. The van der Waals surface area contributed by atoms with E-state index in [9.17, 15) is 9.18 Å². The van der Waals surface area contributed by atoms with Gasteiger partial charge >= 0.3 is 0 Å². The van der Waals surface area contributed by atoms with Gasteiger partial charge in [-0.3, -0.25) is 4.79 Å². The van der Waals surface area contributed by atoms with Gasteiger partial charge in [-0.1, -0.05) is 0 Å². The Labute approximate surface area is 109 Å². The quantitative estimate of drug-likeness (QED) is 0.789. The van der Waals surface area contributed by atoms with Gasteiger partial charge in [-0.05, 0) is 48.5 Å². The van der Waals surface area contributed by atoms with E-state index in [0.29, 0.717) is 16.9 Å². The molecular formula is C15H10FNO2. The molecule has 0 atom stereocenters. The highest BCUT2D eigenvalue weighted by atomic mass is 19.1. The first-order chi connectivity index (χ1) is 9.19. The molecule has 0 aliphatic rings. The lowest BCUT2D eigenvalue weighted by Gasteiger charge is -2.05. The average molecular weight is 255 g/mol. The Hall–Kier alpha value is -2.67. The van der Waals surface area contributed by atoms with Crippen molar-refractivity contribution in [3.63, 3.8) is 0 Å². The van der Waals surface area contributed by atoms with Crippen LogP contribution < -0.4 is 4.74 Å². The summed E-state index contributed by atoms with van der Waals surface area (Å²) in [5.74, 6) is -0.122. The molecule has 2 rings (SSSR count). The molecule has 0 unspecified atom stereocenters. The maximum absolute atomic E-state index is 12.7. The molecular weight excluding hydrogens is 245 g/mol. The van der Waals surface area contributed by atoms with Crippen LogP contribution in [0.25, 0.3) is 0 Å². The van der Waals surface area contributed by atoms with Crippen LogP contribution in [0.2, 0.25) is 0 Å². The predicted molar refractivity (Wildman–Crippen MR) is 67.4 cm³/mol. The van der Waals surface area contributed by atoms with Crippen molar-refractivity contribution in [3.05, 3.63) is 65.5 Å². The van der Waals surface area contributed by atoms with Crippen LogP contribution in [0.3, 0.4) is 0 Å². The maximum atomic E-state index is 12.7. The number of ether oxygens (including phenoxy) is 1. The van der Waals surface area contributed by atoms with Crippen molar-refractivity contribution in [2.75, 3.05) is 6.61 Å². The molecule has 0 N–H and O–H groups in total. The Bertz CT molecular complexity index is 612. The third kappa shape index (κ3) is 3.39. The van der Waals surface area contributed by atoms with Gasteiger partial charge in [0, 0.05) is 5.56 Å². The van der Waals surface area contributed by atoms with E-state index in [4.69, 9.17) is 10.00 Å². The van der Waals surface area contributed by atoms with Crippen LogP contribution in [-0.2, 0) is 0 Å². The fraction of sp³-hybridized carbons (Fsp3) is 0.0667. The number of carbonyl (C=O) groups is 1. The van der Waals surface area contributed by atoms with Crippen LogP contribution >= 0.6 is 0 Å². The minimum absolute atomic E-state index is 0.127. The Morgan fingerprint density at radius 2 is 1.74 bits per heavy atom. The molecule has 0 saturated carbocycles. The molecule has 19 heavy (non-hydrogen) atoms. The van der Waals surface area contributed by atoms with Crippen LogP contribution in [0.15, 0.2) is 48.5 Å². The molecule has 0 radical (unpaired) electrons. The van der Waals surface area contributed by atoms with Crippen LogP contribution in [0.1, 0.15) is 15.9 Å². The summed E-state index contributed by atoms with van der Waals surface area (Å²) in [6.45, 7) is -0.127. The molecule has 2 aromatic carbocycles.